The normalized spacial score (nSPS) is 16.3. The summed E-state index contributed by atoms with van der Waals surface area (Å²) in [6.07, 6.45) is -0.261. The highest BCUT2D eigenvalue weighted by atomic mass is 32.1. The Hall–Kier alpha value is -3.18. The number of fused-ring (bicyclic) bond motifs is 1. The smallest absolute Gasteiger partial charge is 0.406 e. The molecule has 192 valence electrons. The van der Waals surface area contributed by atoms with Crippen molar-refractivity contribution in [2.45, 2.75) is 62.9 Å². The van der Waals surface area contributed by atoms with E-state index in [1.807, 2.05) is 30.3 Å². The topological polar surface area (TPSA) is 106 Å². The maximum absolute atomic E-state index is 13.0. The van der Waals surface area contributed by atoms with Crippen molar-refractivity contribution in [2.24, 2.45) is 5.73 Å². The van der Waals surface area contributed by atoms with E-state index in [9.17, 15) is 22.8 Å². The molecule has 0 saturated heterocycles. The van der Waals surface area contributed by atoms with Gasteiger partial charge < -0.3 is 21.1 Å². The number of benzene rings is 2. The second-order valence-electron chi connectivity index (χ2n) is 9.05. The lowest BCUT2D eigenvalue weighted by Crippen LogP contribution is -2.56. The number of alkyl halides is 3. The molecule has 0 aliphatic heterocycles. The zero-order valence-electron chi connectivity index (χ0n) is 19.4. The fourth-order valence-electron chi connectivity index (χ4n) is 4.52. The van der Waals surface area contributed by atoms with Gasteiger partial charge in [0.1, 0.15) is 5.75 Å². The van der Waals surface area contributed by atoms with E-state index in [2.05, 4.69) is 20.4 Å². The number of nitrogens with zero attached hydrogens (tertiary/aromatic N) is 1. The maximum atomic E-state index is 13.0. The third-order valence-electron chi connectivity index (χ3n) is 6.17. The monoisotopic (exact) mass is 520 g/mol. The molecular weight excluding hydrogens is 493 g/mol. The number of rotatable bonds is 8. The molecule has 2 aromatic carbocycles. The Balaban J connectivity index is 1.41. The summed E-state index contributed by atoms with van der Waals surface area (Å²) < 4.78 is 41.9. The van der Waals surface area contributed by atoms with Crippen molar-refractivity contribution < 1.29 is 27.5 Å². The zero-order valence-corrected chi connectivity index (χ0v) is 20.3. The molecule has 7 nitrogen and oxygen atoms in total. The average Bonchev–Trinajstić information content (AvgIpc) is 3.20. The number of hydrogen-bond acceptors (Lipinski definition) is 6. The molecule has 1 fully saturated rings. The van der Waals surface area contributed by atoms with Gasteiger partial charge in [0.2, 0.25) is 11.8 Å². The molecule has 0 radical (unpaired) electrons. The molecule has 3 aromatic rings. The Kier molecular flexibility index (Phi) is 7.79. The molecule has 36 heavy (non-hydrogen) atoms. The molecule has 2 amide bonds. The molecule has 0 bridgehead atoms. The average molecular weight is 521 g/mol. The van der Waals surface area contributed by atoms with E-state index in [-0.39, 0.29) is 29.1 Å². The van der Waals surface area contributed by atoms with Crippen LogP contribution in [0.4, 0.5) is 18.3 Å². The van der Waals surface area contributed by atoms with E-state index in [0.29, 0.717) is 29.5 Å². The predicted octanol–water partition coefficient (Wildman–Crippen LogP) is 4.91. The van der Waals surface area contributed by atoms with Gasteiger partial charge in [-0.3, -0.25) is 9.59 Å². The van der Waals surface area contributed by atoms with Crippen molar-refractivity contribution >= 4 is 38.5 Å². The van der Waals surface area contributed by atoms with Gasteiger partial charge in [0, 0.05) is 11.6 Å². The summed E-state index contributed by atoms with van der Waals surface area (Å²) >= 11 is 1.05. The first-order chi connectivity index (χ1) is 17.1. The van der Waals surface area contributed by atoms with Crippen LogP contribution < -0.4 is 21.1 Å². The van der Waals surface area contributed by atoms with Crippen LogP contribution in [0, 0.1) is 0 Å². The summed E-state index contributed by atoms with van der Waals surface area (Å²) in [4.78, 5) is 30.2. The molecule has 0 unspecified atom stereocenters. The number of carbonyl (C=O) groups is 2. The fraction of sp³-hybridized carbons (Fsp3) is 0.400. The van der Waals surface area contributed by atoms with Crippen LogP contribution in [0.5, 0.6) is 5.75 Å². The van der Waals surface area contributed by atoms with Crippen molar-refractivity contribution in [3.8, 4) is 5.75 Å². The molecule has 4 N–H and O–H groups in total. The van der Waals surface area contributed by atoms with E-state index >= 15 is 0 Å². The van der Waals surface area contributed by atoms with Crippen LogP contribution in [0.3, 0.4) is 0 Å². The van der Waals surface area contributed by atoms with Crippen molar-refractivity contribution in [3.63, 3.8) is 0 Å². The standard InChI is InChI=1S/C25H27F3N4O3S/c26-25(27,28)35-17-9-10-19-20(14-17)36-23(30-19)31-21(33)15-24(11-5-2-6-12-24)32-22(34)18(29)13-16-7-3-1-4-8-16/h1,3-4,7-10,14,18H,2,5-6,11-13,15,29H2,(H,32,34)(H,30,31,33)/t18-/m0/s1. The molecule has 1 aromatic heterocycles. The van der Waals surface area contributed by atoms with Gasteiger partial charge in [-0.2, -0.15) is 0 Å². The van der Waals surface area contributed by atoms with Gasteiger partial charge >= 0.3 is 6.36 Å². The molecule has 11 heteroatoms. The second kappa shape index (κ2) is 10.8. The van der Waals surface area contributed by atoms with Gasteiger partial charge in [0.05, 0.1) is 22.7 Å². The molecular formula is C25H27F3N4O3S. The van der Waals surface area contributed by atoms with Crippen LogP contribution in [0.2, 0.25) is 0 Å². The van der Waals surface area contributed by atoms with E-state index in [1.165, 1.54) is 18.2 Å². The van der Waals surface area contributed by atoms with Crippen molar-refractivity contribution in [2.75, 3.05) is 5.32 Å². The van der Waals surface area contributed by atoms with Gasteiger partial charge in [-0.05, 0) is 37.0 Å². The largest absolute Gasteiger partial charge is 0.573 e. The summed E-state index contributed by atoms with van der Waals surface area (Å²) in [6, 6.07) is 12.6. The van der Waals surface area contributed by atoms with E-state index in [4.69, 9.17) is 5.73 Å². The Morgan fingerprint density at radius 2 is 1.83 bits per heavy atom. The predicted molar refractivity (Wildman–Crippen MR) is 132 cm³/mol. The SMILES string of the molecule is N[C@@H](Cc1ccccc1)C(=O)NC1(CC(=O)Nc2nc3ccc(OC(F)(F)F)cc3s2)CCCCC1. The van der Waals surface area contributed by atoms with Crippen LogP contribution in [0.1, 0.15) is 44.1 Å². The third-order valence-corrected chi connectivity index (χ3v) is 7.11. The number of ether oxygens (including phenoxy) is 1. The minimum atomic E-state index is -4.79. The lowest BCUT2D eigenvalue weighted by molar-refractivity contribution is -0.274. The third kappa shape index (κ3) is 6.94. The molecule has 1 saturated carbocycles. The Morgan fingerprint density at radius 1 is 1.11 bits per heavy atom. The number of thiazole rings is 1. The Morgan fingerprint density at radius 3 is 2.53 bits per heavy atom. The summed E-state index contributed by atoms with van der Waals surface area (Å²) in [6.45, 7) is 0. The zero-order chi connectivity index (χ0) is 25.8. The van der Waals surface area contributed by atoms with Crippen LogP contribution in [0.15, 0.2) is 48.5 Å². The quantitative estimate of drug-likeness (QED) is 0.391. The van der Waals surface area contributed by atoms with Crippen LogP contribution in [0.25, 0.3) is 10.2 Å². The fourth-order valence-corrected chi connectivity index (χ4v) is 5.43. The van der Waals surface area contributed by atoms with Gasteiger partial charge in [-0.15, -0.1) is 13.2 Å². The van der Waals surface area contributed by atoms with Gasteiger partial charge in [0.25, 0.3) is 0 Å². The van der Waals surface area contributed by atoms with Crippen molar-refractivity contribution in [3.05, 3.63) is 54.1 Å². The highest BCUT2D eigenvalue weighted by molar-refractivity contribution is 7.22. The molecule has 1 heterocycles. The molecule has 1 atom stereocenters. The molecule has 1 aliphatic rings. The number of hydrogen-bond donors (Lipinski definition) is 3. The summed E-state index contributed by atoms with van der Waals surface area (Å²) in [7, 11) is 0. The van der Waals surface area contributed by atoms with Crippen LogP contribution in [-0.4, -0.2) is 34.7 Å². The first kappa shape index (κ1) is 25.9. The summed E-state index contributed by atoms with van der Waals surface area (Å²) in [5.41, 5.74) is 6.86. The summed E-state index contributed by atoms with van der Waals surface area (Å²) in [5, 5.41) is 6.06. The minimum absolute atomic E-state index is 0.0508. The van der Waals surface area contributed by atoms with E-state index < -0.39 is 17.9 Å². The van der Waals surface area contributed by atoms with Crippen molar-refractivity contribution in [1.82, 2.24) is 10.3 Å². The van der Waals surface area contributed by atoms with Crippen LogP contribution >= 0.6 is 11.3 Å². The lowest BCUT2D eigenvalue weighted by atomic mass is 9.78. The van der Waals surface area contributed by atoms with E-state index in [1.54, 1.807) is 0 Å². The molecule has 1 aliphatic carbocycles. The number of halogens is 3. The van der Waals surface area contributed by atoms with Gasteiger partial charge in [-0.1, -0.05) is 60.9 Å². The number of anilines is 1. The highest BCUT2D eigenvalue weighted by Crippen LogP contribution is 2.34. The van der Waals surface area contributed by atoms with Gasteiger partial charge in [-0.25, -0.2) is 4.98 Å². The Bertz CT molecular complexity index is 1210. The van der Waals surface area contributed by atoms with Gasteiger partial charge in [0.15, 0.2) is 5.13 Å². The van der Waals surface area contributed by atoms with Crippen LogP contribution in [-0.2, 0) is 16.0 Å². The van der Waals surface area contributed by atoms with Crippen molar-refractivity contribution in [1.29, 1.82) is 0 Å². The highest BCUT2D eigenvalue weighted by Gasteiger charge is 2.37. The molecule has 4 rings (SSSR count). The second-order valence-corrected chi connectivity index (χ2v) is 10.1. The number of nitrogens with two attached hydrogens (primary N) is 1. The maximum Gasteiger partial charge on any atom is 0.573 e. The number of aromatic nitrogens is 1. The summed E-state index contributed by atoms with van der Waals surface area (Å²) in [5.74, 6) is -0.988. The number of amides is 2. The molecule has 0 spiro atoms. The van der Waals surface area contributed by atoms with E-state index in [0.717, 1.165) is 36.2 Å². The number of nitrogens with one attached hydrogen (secondary N) is 2. The Labute approximate surface area is 210 Å². The first-order valence-electron chi connectivity index (χ1n) is 11.7. The first-order valence-corrected chi connectivity index (χ1v) is 12.5. The lowest BCUT2D eigenvalue weighted by Gasteiger charge is -2.38. The number of carbonyl (C=O) groups excluding carboxylic acids is 2. The minimum Gasteiger partial charge on any atom is -0.406 e.